The Hall–Kier alpha value is -2.15. The number of hydrogen-bond donors (Lipinski definition) is 3. The van der Waals surface area contributed by atoms with Crippen LogP contribution in [0.2, 0.25) is 0 Å². The van der Waals surface area contributed by atoms with Crippen molar-refractivity contribution in [1.82, 2.24) is 5.32 Å². The molecule has 7 nitrogen and oxygen atoms in total. The fraction of sp³-hybridized carbons (Fsp3) is 0.417. The second-order valence-corrected chi connectivity index (χ2v) is 4.61. The van der Waals surface area contributed by atoms with Crippen molar-refractivity contribution < 1.29 is 14.8 Å². The highest BCUT2D eigenvalue weighted by molar-refractivity contribution is 5.95. The van der Waals surface area contributed by atoms with Crippen molar-refractivity contribution in [1.29, 1.82) is 0 Å². The van der Waals surface area contributed by atoms with Gasteiger partial charge in [-0.25, -0.2) is 0 Å². The van der Waals surface area contributed by atoms with Gasteiger partial charge in [-0.3, -0.25) is 14.9 Å². The van der Waals surface area contributed by atoms with Gasteiger partial charge in [0.05, 0.1) is 4.92 Å². The first-order chi connectivity index (χ1) is 9.02. The minimum atomic E-state index is -0.704. The number of carbonyl (C=O) groups is 1. The first-order valence-corrected chi connectivity index (χ1v) is 6.01. The molecule has 0 aliphatic heterocycles. The fourth-order valence-corrected chi connectivity index (χ4v) is 1.94. The molecule has 1 fully saturated rings. The molecule has 7 heteroatoms. The van der Waals surface area contributed by atoms with E-state index >= 15 is 0 Å². The van der Waals surface area contributed by atoms with Gasteiger partial charge in [0.25, 0.3) is 5.91 Å². The highest BCUT2D eigenvalue weighted by atomic mass is 16.6. The fourth-order valence-electron chi connectivity index (χ4n) is 1.94. The van der Waals surface area contributed by atoms with Gasteiger partial charge >= 0.3 is 5.69 Å². The Kier molecular flexibility index (Phi) is 3.66. The van der Waals surface area contributed by atoms with E-state index in [-0.39, 0.29) is 17.5 Å². The van der Waals surface area contributed by atoms with Crippen molar-refractivity contribution in [3.05, 3.63) is 33.9 Å². The number of nitrogens with one attached hydrogen (secondary N) is 1. The van der Waals surface area contributed by atoms with Crippen LogP contribution in [0.15, 0.2) is 18.2 Å². The molecule has 0 spiro atoms. The van der Waals surface area contributed by atoms with Crippen molar-refractivity contribution in [3.8, 4) is 5.75 Å². The molecule has 1 unspecified atom stereocenters. The quantitative estimate of drug-likeness (QED) is 0.536. The number of phenolic OH excluding ortho intramolecular Hbond substituents is 1. The van der Waals surface area contributed by atoms with Gasteiger partial charge in [0.1, 0.15) is 0 Å². The van der Waals surface area contributed by atoms with Crippen LogP contribution >= 0.6 is 0 Å². The van der Waals surface area contributed by atoms with Gasteiger partial charge in [0.2, 0.25) is 0 Å². The number of aromatic hydroxyl groups is 1. The Morgan fingerprint density at radius 1 is 1.58 bits per heavy atom. The van der Waals surface area contributed by atoms with Crippen LogP contribution < -0.4 is 11.1 Å². The average Bonchev–Trinajstić information content (AvgIpc) is 3.19. The minimum Gasteiger partial charge on any atom is -0.502 e. The van der Waals surface area contributed by atoms with E-state index in [9.17, 15) is 20.0 Å². The number of amides is 1. The lowest BCUT2D eigenvalue weighted by Gasteiger charge is -2.15. The van der Waals surface area contributed by atoms with Crippen molar-refractivity contribution in [2.24, 2.45) is 11.7 Å². The maximum atomic E-state index is 11.9. The lowest BCUT2D eigenvalue weighted by molar-refractivity contribution is -0.385. The summed E-state index contributed by atoms with van der Waals surface area (Å²) in [5, 5.41) is 22.8. The van der Waals surface area contributed by atoms with Gasteiger partial charge in [-0.2, -0.15) is 0 Å². The average molecular weight is 265 g/mol. The zero-order chi connectivity index (χ0) is 14.0. The van der Waals surface area contributed by atoms with Crippen molar-refractivity contribution >= 4 is 11.6 Å². The molecule has 0 heterocycles. The molecule has 19 heavy (non-hydrogen) atoms. The molecule has 1 aromatic rings. The monoisotopic (exact) mass is 265 g/mol. The van der Waals surface area contributed by atoms with Gasteiger partial charge < -0.3 is 16.2 Å². The molecule has 0 bridgehead atoms. The van der Waals surface area contributed by atoms with Gasteiger partial charge in [-0.05, 0) is 30.9 Å². The van der Waals surface area contributed by atoms with Crippen molar-refractivity contribution in [2.45, 2.75) is 18.9 Å². The molecule has 102 valence electrons. The number of rotatable bonds is 5. The predicted molar refractivity (Wildman–Crippen MR) is 67.8 cm³/mol. The van der Waals surface area contributed by atoms with Gasteiger partial charge in [-0.15, -0.1) is 0 Å². The Morgan fingerprint density at radius 2 is 2.26 bits per heavy atom. The Labute approximate surface area is 109 Å². The first kappa shape index (κ1) is 13.3. The van der Waals surface area contributed by atoms with Gasteiger partial charge in [0, 0.05) is 24.2 Å². The highest BCUT2D eigenvalue weighted by Gasteiger charge is 2.31. The summed E-state index contributed by atoms with van der Waals surface area (Å²) >= 11 is 0. The smallest absolute Gasteiger partial charge is 0.310 e. The summed E-state index contributed by atoms with van der Waals surface area (Å²) in [6.45, 7) is 0.357. The van der Waals surface area contributed by atoms with Crippen LogP contribution in [0.4, 0.5) is 5.69 Å². The Morgan fingerprint density at radius 3 is 2.74 bits per heavy atom. The van der Waals surface area contributed by atoms with E-state index < -0.39 is 16.4 Å². The lowest BCUT2D eigenvalue weighted by atomic mass is 10.1. The molecule has 1 saturated carbocycles. The summed E-state index contributed by atoms with van der Waals surface area (Å²) in [6, 6.07) is 3.44. The number of carbonyl (C=O) groups excluding carboxylic acids is 1. The largest absolute Gasteiger partial charge is 0.502 e. The van der Waals surface area contributed by atoms with Crippen LogP contribution in [0.25, 0.3) is 0 Å². The summed E-state index contributed by atoms with van der Waals surface area (Å²) in [4.78, 5) is 21.8. The molecule has 1 amide bonds. The normalized spacial score (nSPS) is 15.8. The van der Waals surface area contributed by atoms with E-state index in [1.54, 1.807) is 0 Å². The summed E-state index contributed by atoms with van der Waals surface area (Å²) in [5.41, 5.74) is 5.34. The van der Waals surface area contributed by atoms with E-state index in [4.69, 9.17) is 5.73 Å². The third kappa shape index (κ3) is 3.00. The summed E-state index contributed by atoms with van der Waals surface area (Å²) in [5.74, 6) is -0.485. The van der Waals surface area contributed by atoms with Crippen LogP contribution in [0.5, 0.6) is 5.75 Å². The number of nitrogens with two attached hydrogens (primary N) is 1. The molecule has 0 radical (unpaired) electrons. The van der Waals surface area contributed by atoms with Crippen molar-refractivity contribution in [2.75, 3.05) is 6.54 Å². The molecular weight excluding hydrogens is 250 g/mol. The number of phenols is 1. The maximum absolute atomic E-state index is 11.9. The van der Waals surface area contributed by atoms with E-state index in [1.807, 2.05) is 0 Å². The second-order valence-electron chi connectivity index (χ2n) is 4.61. The van der Waals surface area contributed by atoms with Crippen LogP contribution in [-0.4, -0.2) is 28.5 Å². The second kappa shape index (κ2) is 5.23. The topological polar surface area (TPSA) is 118 Å². The number of nitro groups is 1. The Balaban J connectivity index is 2.10. The van der Waals surface area contributed by atoms with E-state index in [0.29, 0.717) is 12.5 Å². The van der Waals surface area contributed by atoms with Crippen molar-refractivity contribution in [3.63, 3.8) is 0 Å². The zero-order valence-corrected chi connectivity index (χ0v) is 10.2. The third-order valence-corrected chi connectivity index (χ3v) is 3.20. The summed E-state index contributed by atoms with van der Waals surface area (Å²) in [7, 11) is 0. The summed E-state index contributed by atoms with van der Waals surface area (Å²) in [6.07, 6.45) is 2.10. The molecule has 4 N–H and O–H groups in total. The van der Waals surface area contributed by atoms with Gasteiger partial charge in [0.15, 0.2) is 5.75 Å². The third-order valence-electron chi connectivity index (χ3n) is 3.20. The maximum Gasteiger partial charge on any atom is 0.310 e. The molecule has 2 rings (SSSR count). The minimum absolute atomic E-state index is 0.0789. The zero-order valence-electron chi connectivity index (χ0n) is 10.2. The Bertz CT molecular complexity index is 514. The highest BCUT2D eigenvalue weighted by Crippen LogP contribution is 2.32. The standard InChI is InChI=1S/C12H15N3O4/c13-6-9(7-1-2-7)14-12(17)8-3-4-10(15(18)19)11(16)5-8/h3-5,7,9,16H,1-2,6,13H2,(H,14,17). The summed E-state index contributed by atoms with van der Waals surface area (Å²) < 4.78 is 0. The van der Waals surface area contributed by atoms with E-state index in [2.05, 4.69) is 5.32 Å². The molecule has 1 aliphatic carbocycles. The van der Waals surface area contributed by atoms with Crippen LogP contribution in [-0.2, 0) is 0 Å². The molecule has 1 aromatic carbocycles. The van der Waals surface area contributed by atoms with Gasteiger partial charge in [-0.1, -0.05) is 0 Å². The first-order valence-electron chi connectivity index (χ1n) is 6.01. The molecule has 1 aliphatic rings. The number of nitro benzene ring substituents is 1. The SMILES string of the molecule is NCC(NC(=O)c1ccc([N+](=O)[O-])c(O)c1)C1CC1. The molecule has 1 atom stereocenters. The van der Waals surface area contributed by atoms with E-state index in [0.717, 1.165) is 25.0 Å². The van der Waals surface area contributed by atoms with Crippen LogP contribution in [0.1, 0.15) is 23.2 Å². The number of benzene rings is 1. The molecule has 0 saturated heterocycles. The molecular formula is C12H15N3O4. The molecule has 0 aromatic heterocycles. The van der Waals surface area contributed by atoms with Crippen LogP contribution in [0.3, 0.4) is 0 Å². The van der Waals surface area contributed by atoms with E-state index in [1.165, 1.54) is 6.07 Å². The van der Waals surface area contributed by atoms with Crippen LogP contribution in [0, 0.1) is 16.0 Å². The number of nitrogens with zero attached hydrogens (tertiary/aromatic N) is 1. The lowest BCUT2D eigenvalue weighted by Crippen LogP contribution is -2.41. The number of hydrogen-bond acceptors (Lipinski definition) is 5. The predicted octanol–water partition coefficient (Wildman–Crippen LogP) is 0.768.